The number of hydrogen-bond acceptors (Lipinski definition) is 6. The molecule has 26 heavy (non-hydrogen) atoms. The monoisotopic (exact) mass is 373 g/mol. The Labute approximate surface area is 147 Å². The van der Waals surface area contributed by atoms with Crippen LogP contribution in [0.15, 0.2) is 23.3 Å². The summed E-state index contributed by atoms with van der Waals surface area (Å²) in [7, 11) is 0. The predicted octanol–water partition coefficient (Wildman–Crippen LogP) is -0.0485. The zero-order valence-electron chi connectivity index (χ0n) is 13.8. The number of hydrogen-bond donors (Lipinski definition) is 2. The van der Waals surface area contributed by atoms with Gasteiger partial charge in [0, 0.05) is 17.7 Å². The average molecular weight is 373 g/mol. The standard InChI is InChI=1S/C15H18F2N4O5/c16-15(17)26-13-2-1-12(21(23)24)9-11(13)10-18-19-14(22)3-4-20-5-7-25-8-6-20/h1-2,9-10,15H,3-8H2,(H,19,22)/p+1/b18-10-. The number of morpholine rings is 1. The normalized spacial score (nSPS) is 15.3. The molecular formula is C15H19F2N4O5+. The lowest BCUT2D eigenvalue weighted by molar-refractivity contribution is -0.907. The van der Waals surface area contributed by atoms with Crippen molar-refractivity contribution < 1.29 is 32.9 Å². The van der Waals surface area contributed by atoms with Crippen LogP contribution in [0, 0.1) is 10.1 Å². The first-order chi connectivity index (χ1) is 12.5. The Bertz CT molecular complexity index is 665. The fraction of sp³-hybridized carbons (Fsp3) is 0.467. The van der Waals surface area contributed by atoms with Crippen LogP contribution in [0.4, 0.5) is 14.5 Å². The third-order valence-electron chi connectivity index (χ3n) is 3.72. The molecule has 0 aliphatic carbocycles. The van der Waals surface area contributed by atoms with E-state index in [-0.39, 0.29) is 29.3 Å². The van der Waals surface area contributed by atoms with Gasteiger partial charge in [-0.1, -0.05) is 0 Å². The van der Waals surface area contributed by atoms with E-state index in [4.69, 9.17) is 4.74 Å². The van der Waals surface area contributed by atoms with Gasteiger partial charge in [0.15, 0.2) is 0 Å². The topological polar surface area (TPSA) is 108 Å². The molecule has 1 amide bonds. The number of benzene rings is 1. The van der Waals surface area contributed by atoms with Crippen molar-refractivity contribution in [2.75, 3.05) is 32.8 Å². The zero-order chi connectivity index (χ0) is 18.9. The van der Waals surface area contributed by atoms with Crippen LogP contribution in [0.2, 0.25) is 0 Å². The van der Waals surface area contributed by atoms with Crippen molar-refractivity contribution in [2.45, 2.75) is 13.0 Å². The summed E-state index contributed by atoms with van der Waals surface area (Å²) in [6.45, 7) is 0.525. The highest BCUT2D eigenvalue weighted by Gasteiger charge is 2.16. The van der Waals surface area contributed by atoms with Gasteiger partial charge in [-0.15, -0.1) is 0 Å². The van der Waals surface area contributed by atoms with Crippen LogP contribution < -0.4 is 15.1 Å². The van der Waals surface area contributed by atoms with E-state index < -0.39 is 11.5 Å². The Morgan fingerprint density at radius 3 is 2.85 bits per heavy atom. The van der Waals surface area contributed by atoms with Gasteiger partial charge >= 0.3 is 6.61 Å². The minimum Gasteiger partial charge on any atom is -0.434 e. The molecule has 0 aromatic heterocycles. The first kappa shape index (κ1) is 19.7. The molecular weight excluding hydrogens is 354 g/mol. The Morgan fingerprint density at radius 1 is 1.46 bits per heavy atom. The number of carbonyl (C=O) groups is 1. The summed E-state index contributed by atoms with van der Waals surface area (Å²) in [6.07, 6.45) is 1.27. The maximum absolute atomic E-state index is 12.4. The number of ether oxygens (including phenoxy) is 2. The molecule has 1 heterocycles. The largest absolute Gasteiger partial charge is 0.434 e. The Hall–Kier alpha value is -2.66. The molecule has 1 aromatic rings. The number of quaternary nitrogens is 1. The van der Waals surface area contributed by atoms with Crippen LogP contribution in [0.3, 0.4) is 0 Å². The second kappa shape index (κ2) is 9.73. The van der Waals surface area contributed by atoms with E-state index in [1.807, 2.05) is 0 Å². The predicted molar refractivity (Wildman–Crippen MR) is 86.5 cm³/mol. The lowest BCUT2D eigenvalue weighted by Crippen LogP contribution is -3.14. The second-order valence-corrected chi connectivity index (χ2v) is 5.51. The molecule has 0 unspecified atom stereocenters. The summed E-state index contributed by atoms with van der Waals surface area (Å²) < 4.78 is 34.3. The van der Waals surface area contributed by atoms with Crippen molar-refractivity contribution in [3.8, 4) is 5.75 Å². The van der Waals surface area contributed by atoms with E-state index in [1.54, 1.807) is 0 Å². The van der Waals surface area contributed by atoms with Gasteiger partial charge in [0.25, 0.3) is 5.69 Å². The molecule has 11 heteroatoms. The summed E-state index contributed by atoms with van der Waals surface area (Å²) >= 11 is 0. The molecule has 1 aliphatic rings. The number of non-ortho nitro benzene ring substituents is 1. The van der Waals surface area contributed by atoms with E-state index in [0.717, 1.165) is 37.5 Å². The highest BCUT2D eigenvalue weighted by atomic mass is 19.3. The molecule has 9 nitrogen and oxygen atoms in total. The molecule has 0 spiro atoms. The van der Waals surface area contributed by atoms with E-state index in [0.29, 0.717) is 19.8 Å². The summed E-state index contributed by atoms with van der Waals surface area (Å²) in [5, 5.41) is 14.5. The average Bonchev–Trinajstić information content (AvgIpc) is 2.61. The fourth-order valence-corrected chi connectivity index (χ4v) is 2.38. The summed E-state index contributed by atoms with van der Waals surface area (Å²) in [5.41, 5.74) is 1.92. The fourth-order valence-electron chi connectivity index (χ4n) is 2.38. The van der Waals surface area contributed by atoms with Gasteiger partial charge in [-0.05, 0) is 6.07 Å². The number of halogens is 2. The van der Waals surface area contributed by atoms with Crippen molar-refractivity contribution in [3.05, 3.63) is 33.9 Å². The lowest BCUT2D eigenvalue weighted by Gasteiger charge is -2.23. The molecule has 1 aliphatic heterocycles. The van der Waals surface area contributed by atoms with E-state index >= 15 is 0 Å². The lowest BCUT2D eigenvalue weighted by atomic mass is 10.2. The zero-order valence-corrected chi connectivity index (χ0v) is 13.8. The number of nitrogens with one attached hydrogen (secondary N) is 2. The Kier molecular flexibility index (Phi) is 7.36. The molecule has 0 atom stereocenters. The van der Waals surface area contributed by atoms with Gasteiger partial charge in [0.1, 0.15) is 18.8 Å². The van der Waals surface area contributed by atoms with Crippen LogP contribution in [0.5, 0.6) is 5.75 Å². The molecule has 0 bridgehead atoms. The van der Waals surface area contributed by atoms with Gasteiger partial charge < -0.3 is 14.4 Å². The maximum Gasteiger partial charge on any atom is 0.387 e. The number of nitrogens with zero attached hydrogens (tertiary/aromatic N) is 2. The first-order valence-electron chi connectivity index (χ1n) is 7.92. The molecule has 1 fully saturated rings. The van der Waals surface area contributed by atoms with E-state index in [1.165, 1.54) is 4.90 Å². The van der Waals surface area contributed by atoms with E-state index in [9.17, 15) is 23.7 Å². The first-order valence-corrected chi connectivity index (χ1v) is 7.92. The molecule has 142 valence electrons. The van der Waals surface area contributed by atoms with Crippen molar-refractivity contribution in [3.63, 3.8) is 0 Å². The van der Waals surface area contributed by atoms with Gasteiger partial charge in [0.05, 0.1) is 37.3 Å². The molecule has 1 aromatic carbocycles. The van der Waals surface area contributed by atoms with Gasteiger partial charge in [-0.25, -0.2) is 5.43 Å². The number of rotatable bonds is 8. The van der Waals surface area contributed by atoms with Crippen LogP contribution in [-0.4, -0.2) is 56.5 Å². The molecule has 1 saturated heterocycles. The molecule has 2 N–H and O–H groups in total. The SMILES string of the molecule is O=C(CC[NH+]1CCOCC1)N/N=C\c1cc([N+](=O)[O-])ccc1OC(F)F. The number of nitro groups is 1. The third-order valence-corrected chi connectivity index (χ3v) is 3.72. The van der Waals surface area contributed by atoms with E-state index in [2.05, 4.69) is 15.3 Å². The number of hydrazone groups is 1. The van der Waals surface area contributed by atoms with Crippen LogP contribution in [-0.2, 0) is 9.53 Å². The van der Waals surface area contributed by atoms with Gasteiger partial charge in [0.2, 0.25) is 5.91 Å². The molecule has 2 rings (SSSR count). The summed E-state index contributed by atoms with van der Waals surface area (Å²) in [6, 6.07) is 3.12. The highest BCUT2D eigenvalue weighted by molar-refractivity contribution is 5.86. The maximum atomic E-state index is 12.4. The van der Waals surface area contributed by atoms with Crippen LogP contribution in [0.25, 0.3) is 0 Å². The van der Waals surface area contributed by atoms with Gasteiger partial charge in [-0.3, -0.25) is 14.9 Å². The number of alkyl halides is 2. The summed E-state index contributed by atoms with van der Waals surface area (Å²) in [5.74, 6) is -0.622. The highest BCUT2D eigenvalue weighted by Crippen LogP contribution is 2.24. The number of amides is 1. The van der Waals surface area contributed by atoms with Crippen molar-refractivity contribution in [1.82, 2.24) is 5.43 Å². The van der Waals surface area contributed by atoms with Crippen LogP contribution >= 0.6 is 0 Å². The van der Waals surface area contributed by atoms with Crippen molar-refractivity contribution >= 4 is 17.8 Å². The van der Waals surface area contributed by atoms with Crippen LogP contribution in [0.1, 0.15) is 12.0 Å². The van der Waals surface area contributed by atoms with Crippen molar-refractivity contribution in [2.24, 2.45) is 5.10 Å². The Morgan fingerprint density at radius 2 is 2.19 bits per heavy atom. The second-order valence-electron chi connectivity index (χ2n) is 5.51. The third kappa shape index (κ3) is 6.33. The minimum absolute atomic E-state index is 0.0430. The minimum atomic E-state index is -3.09. The van der Waals surface area contributed by atoms with Gasteiger partial charge in [-0.2, -0.15) is 13.9 Å². The Balaban J connectivity index is 1.93. The quantitative estimate of drug-likeness (QED) is 0.377. The molecule has 0 radical (unpaired) electrons. The molecule has 0 saturated carbocycles. The number of nitro benzene ring substituents is 1. The summed E-state index contributed by atoms with van der Waals surface area (Å²) in [4.78, 5) is 23.2. The van der Waals surface area contributed by atoms with Crippen molar-refractivity contribution in [1.29, 1.82) is 0 Å². The number of carbonyl (C=O) groups excluding carboxylic acids is 1. The smallest absolute Gasteiger partial charge is 0.387 e.